The molecule has 0 aliphatic heterocycles. The molecular formula is C20H20ClN5O. The molecule has 0 radical (unpaired) electrons. The van der Waals surface area contributed by atoms with Crippen molar-refractivity contribution >= 4 is 51.0 Å². The molecule has 4 rings (SSSR count). The molecule has 2 aromatic carbocycles. The van der Waals surface area contributed by atoms with Crippen LogP contribution in [0.25, 0.3) is 33.1 Å². The summed E-state index contributed by atoms with van der Waals surface area (Å²) >= 11 is 6.23. The molecule has 6 nitrogen and oxygen atoms in total. The van der Waals surface area contributed by atoms with Gasteiger partial charge >= 0.3 is 0 Å². The minimum atomic E-state index is -0.663. The Morgan fingerprint density at radius 1 is 1.15 bits per heavy atom. The Labute approximate surface area is 161 Å². The molecule has 2 atom stereocenters. The third-order valence-corrected chi connectivity index (χ3v) is 5.04. The third kappa shape index (κ3) is 2.96. The van der Waals surface area contributed by atoms with Gasteiger partial charge in [-0.05, 0) is 62.2 Å². The Bertz CT molecular complexity index is 1200. The molecule has 3 N–H and O–H groups in total. The highest BCUT2D eigenvalue weighted by atomic mass is 35.5. The second kappa shape index (κ2) is 6.56. The molecule has 2 heterocycles. The van der Waals surface area contributed by atoms with Gasteiger partial charge in [0.2, 0.25) is 0 Å². The van der Waals surface area contributed by atoms with Crippen molar-refractivity contribution in [2.45, 2.75) is 33.1 Å². The normalized spacial score (nSPS) is 14.1. The summed E-state index contributed by atoms with van der Waals surface area (Å²) in [7, 11) is 0. The average Bonchev–Trinajstić information content (AvgIpc) is 2.91. The van der Waals surface area contributed by atoms with Crippen molar-refractivity contribution in [1.82, 2.24) is 19.9 Å². The molecule has 138 valence electrons. The van der Waals surface area contributed by atoms with E-state index in [9.17, 15) is 4.79 Å². The number of rotatable bonds is 4. The van der Waals surface area contributed by atoms with E-state index < -0.39 is 6.17 Å². The average molecular weight is 382 g/mol. The van der Waals surface area contributed by atoms with Gasteiger partial charge in [0.1, 0.15) is 11.7 Å². The van der Waals surface area contributed by atoms with Gasteiger partial charge in [-0.2, -0.15) is 0 Å². The fourth-order valence-corrected chi connectivity index (χ4v) is 3.57. The number of fused-ring (bicyclic) bond motifs is 4. The van der Waals surface area contributed by atoms with Crippen molar-refractivity contribution in [2.75, 3.05) is 0 Å². The van der Waals surface area contributed by atoms with E-state index in [0.717, 1.165) is 39.3 Å². The van der Waals surface area contributed by atoms with Crippen molar-refractivity contribution in [3.05, 3.63) is 46.5 Å². The molecule has 7 heteroatoms. The van der Waals surface area contributed by atoms with Crippen LogP contribution in [0.4, 0.5) is 0 Å². The van der Waals surface area contributed by atoms with E-state index in [4.69, 9.17) is 27.3 Å². The molecule has 4 aromatic rings. The van der Waals surface area contributed by atoms with E-state index in [0.29, 0.717) is 16.2 Å². The predicted molar refractivity (Wildman–Crippen MR) is 109 cm³/mol. The standard InChI is InChI=1S/C20H20ClN5O/c1-10-6-15-16(7-11(10)2)25-20-19(24-15)14-8-13(21)4-5-17(14)26(20)18(9-27)23-12(3)22/h4-9,12,18,23H,22H2,1-3H3. The number of nitrogens with one attached hydrogen (secondary N) is 1. The highest BCUT2D eigenvalue weighted by Gasteiger charge is 2.21. The number of carbonyl (C=O) groups excluding carboxylic acids is 1. The largest absolute Gasteiger partial charge is 0.316 e. The molecule has 0 spiro atoms. The van der Waals surface area contributed by atoms with E-state index in [1.54, 1.807) is 13.0 Å². The minimum Gasteiger partial charge on any atom is -0.316 e. The number of aromatic nitrogens is 3. The van der Waals surface area contributed by atoms with Gasteiger partial charge in [-0.3, -0.25) is 10.1 Å². The second-order valence-corrected chi connectivity index (χ2v) is 7.33. The molecule has 0 bridgehead atoms. The maximum Gasteiger partial charge on any atom is 0.162 e. The molecule has 27 heavy (non-hydrogen) atoms. The summed E-state index contributed by atoms with van der Waals surface area (Å²) in [6.45, 7) is 5.88. The van der Waals surface area contributed by atoms with E-state index in [1.165, 1.54) is 0 Å². The molecule has 0 saturated carbocycles. The highest BCUT2D eigenvalue weighted by molar-refractivity contribution is 6.31. The first-order valence-electron chi connectivity index (χ1n) is 8.74. The summed E-state index contributed by atoms with van der Waals surface area (Å²) in [5, 5.41) is 4.52. The monoisotopic (exact) mass is 381 g/mol. The van der Waals surface area contributed by atoms with Crippen molar-refractivity contribution in [1.29, 1.82) is 0 Å². The summed E-state index contributed by atoms with van der Waals surface area (Å²) in [5.41, 5.74) is 11.9. The molecular weight excluding hydrogens is 362 g/mol. The summed E-state index contributed by atoms with van der Waals surface area (Å²) < 4.78 is 1.83. The van der Waals surface area contributed by atoms with Gasteiger partial charge in [0, 0.05) is 10.4 Å². The third-order valence-electron chi connectivity index (χ3n) is 4.80. The quantitative estimate of drug-likeness (QED) is 0.416. The van der Waals surface area contributed by atoms with Gasteiger partial charge in [0.05, 0.1) is 22.7 Å². The molecule has 0 saturated heterocycles. The zero-order chi connectivity index (χ0) is 19.3. The molecule has 2 aromatic heterocycles. The highest BCUT2D eigenvalue weighted by Crippen LogP contribution is 2.32. The zero-order valence-corrected chi connectivity index (χ0v) is 16.1. The fourth-order valence-electron chi connectivity index (χ4n) is 3.40. The summed E-state index contributed by atoms with van der Waals surface area (Å²) in [6, 6.07) is 9.57. The van der Waals surface area contributed by atoms with Crippen LogP contribution in [0, 0.1) is 13.8 Å². The molecule has 0 amide bonds. The summed E-state index contributed by atoms with van der Waals surface area (Å²) in [4.78, 5) is 21.5. The van der Waals surface area contributed by atoms with E-state index >= 15 is 0 Å². The first-order chi connectivity index (χ1) is 12.9. The van der Waals surface area contributed by atoms with Crippen LogP contribution in [-0.4, -0.2) is 27.0 Å². The number of nitrogens with two attached hydrogens (primary N) is 1. The van der Waals surface area contributed by atoms with Gasteiger partial charge in [-0.25, -0.2) is 9.97 Å². The van der Waals surface area contributed by atoms with Crippen LogP contribution in [0.2, 0.25) is 5.02 Å². The van der Waals surface area contributed by atoms with Gasteiger partial charge in [0.15, 0.2) is 11.9 Å². The number of hydrogen-bond donors (Lipinski definition) is 2. The molecule has 2 unspecified atom stereocenters. The fraction of sp³-hybridized carbons (Fsp3) is 0.250. The lowest BCUT2D eigenvalue weighted by molar-refractivity contribution is -0.111. The smallest absolute Gasteiger partial charge is 0.162 e. The minimum absolute atomic E-state index is 0.363. The number of nitrogens with zero attached hydrogens (tertiary/aromatic N) is 3. The first kappa shape index (κ1) is 17.9. The maximum absolute atomic E-state index is 11.8. The lowest BCUT2D eigenvalue weighted by Gasteiger charge is -2.19. The number of hydrogen-bond acceptors (Lipinski definition) is 5. The van der Waals surface area contributed by atoms with E-state index in [2.05, 4.69) is 12.2 Å². The molecule has 0 fully saturated rings. The van der Waals surface area contributed by atoms with E-state index in [1.807, 2.05) is 35.8 Å². The summed E-state index contributed by atoms with van der Waals surface area (Å²) in [5.74, 6) is 0. The van der Waals surface area contributed by atoms with Gasteiger partial charge in [-0.15, -0.1) is 0 Å². The molecule has 0 aliphatic carbocycles. The lowest BCUT2D eigenvalue weighted by Crippen LogP contribution is -2.40. The lowest BCUT2D eigenvalue weighted by atomic mass is 10.1. The van der Waals surface area contributed by atoms with Crippen LogP contribution in [0.3, 0.4) is 0 Å². The Kier molecular flexibility index (Phi) is 4.34. The van der Waals surface area contributed by atoms with Crippen molar-refractivity contribution in [3.63, 3.8) is 0 Å². The topological polar surface area (TPSA) is 85.8 Å². The number of carbonyl (C=O) groups is 1. The number of halogens is 1. The molecule has 0 aliphatic rings. The first-order valence-corrected chi connectivity index (χ1v) is 9.12. The van der Waals surface area contributed by atoms with Crippen molar-refractivity contribution in [3.8, 4) is 0 Å². The van der Waals surface area contributed by atoms with Crippen LogP contribution in [0.1, 0.15) is 24.2 Å². The second-order valence-electron chi connectivity index (χ2n) is 6.89. The Morgan fingerprint density at radius 2 is 1.81 bits per heavy atom. The zero-order valence-electron chi connectivity index (χ0n) is 15.3. The van der Waals surface area contributed by atoms with Crippen LogP contribution in [-0.2, 0) is 4.79 Å². The number of aldehydes is 1. The maximum atomic E-state index is 11.8. The predicted octanol–water partition coefficient (Wildman–Crippen LogP) is 3.60. The Morgan fingerprint density at radius 3 is 2.44 bits per heavy atom. The van der Waals surface area contributed by atoms with E-state index in [-0.39, 0.29) is 6.17 Å². The Hall–Kier alpha value is -2.54. The van der Waals surface area contributed by atoms with Crippen LogP contribution in [0.15, 0.2) is 30.3 Å². The Balaban J connectivity index is 2.14. The van der Waals surface area contributed by atoms with Crippen LogP contribution in [0.5, 0.6) is 0 Å². The van der Waals surface area contributed by atoms with Crippen LogP contribution >= 0.6 is 11.6 Å². The summed E-state index contributed by atoms with van der Waals surface area (Å²) in [6.07, 6.45) is -0.203. The van der Waals surface area contributed by atoms with Gasteiger partial charge < -0.3 is 10.3 Å². The van der Waals surface area contributed by atoms with Gasteiger partial charge in [0.25, 0.3) is 0 Å². The van der Waals surface area contributed by atoms with Crippen molar-refractivity contribution in [2.24, 2.45) is 5.73 Å². The number of aryl methyl sites for hydroxylation is 2. The number of benzene rings is 2. The SMILES string of the molecule is Cc1cc2nc3c4cc(Cl)ccc4n(C(C=O)NC(C)N)c3nc2cc1C. The van der Waals surface area contributed by atoms with Crippen LogP contribution < -0.4 is 11.1 Å². The van der Waals surface area contributed by atoms with Gasteiger partial charge in [-0.1, -0.05) is 11.6 Å². The van der Waals surface area contributed by atoms with Crippen molar-refractivity contribution < 1.29 is 4.79 Å².